The van der Waals surface area contributed by atoms with Gasteiger partial charge < -0.3 is 15.4 Å². The molecule has 0 saturated heterocycles. The van der Waals surface area contributed by atoms with Gasteiger partial charge in [0.05, 0.1) is 0 Å². The van der Waals surface area contributed by atoms with E-state index in [0.29, 0.717) is 25.8 Å². The highest BCUT2D eigenvalue weighted by molar-refractivity contribution is 5.96. The van der Waals surface area contributed by atoms with Gasteiger partial charge in [0.25, 0.3) is 5.91 Å². The highest BCUT2D eigenvalue weighted by Gasteiger charge is 2.21. The second-order valence-electron chi connectivity index (χ2n) is 5.54. The number of hydrogen-bond donors (Lipinski definition) is 2. The van der Waals surface area contributed by atoms with E-state index < -0.39 is 11.9 Å². The summed E-state index contributed by atoms with van der Waals surface area (Å²) in [4.78, 5) is 39.2. The zero-order valence-electron chi connectivity index (χ0n) is 13.9. The molecule has 0 aliphatic carbocycles. The molecule has 2 aromatic rings. The lowest BCUT2D eigenvalue weighted by atomic mass is 10.1. The number of pyridine rings is 1. The number of nitrogens with zero attached hydrogens (tertiary/aromatic N) is 1. The Labute approximate surface area is 146 Å². The van der Waals surface area contributed by atoms with Crippen molar-refractivity contribution in [3.8, 4) is 0 Å². The van der Waals surface area contributed by atoms with E-state index in [-0.39, 0.29) is 11.6 Å². The van der Waals surface area contributed by atoms with E-state index in [4.69, 9.17) is 0 Å². The topological polar surface area (TPSA) is 88.2 Å². The van der Waals surface area contributed by atoms with Gasteiger partial charge in [0, 0.05) is 19.2 Å². The summed E-state index contributed by atoms with van der Waals surface area (Å²) >= 11 is 0. The van der Waals surface area contributed by atoms with Crippen molar-refractivity contribution in [2.24, 2.45) is 0 Å². The third kappa shape index (κ3) is 6.18. The molecule has 0 aliphatic heterocycles. The van der Waals surface area contributed by atoms with Crippen LogP contribution in [0.3, 0.4) is 0 Å². The molecule has 6 nitrogen and oxygen atoms in total. The molecule has 1 heterocycles. The van der Waals surface area contributed by atoms with Gasteiger partial charge in [-0.1, -0.05) is 36.4 Å². The van der Waals surface area contributed by atoms with Crippen LogP contribution in [0.15, 0.2) is 54.7 Å². The minimum Gasteiger partial charge on any atom is -0.350 e. The molecule has 0 unspecified atom stereocenters. The van der Waals surface area contributed by atoms with Gasteiger partial charge in [0.15, 0.2) is 0 Å². The van der Waals surface area contributed by atoms with Crippen LogP contribution in [0.5, 0.6) is 0 Å². The number of carbonyl (C=O) groups is 3. The number of amides is 2. The van der Waals surface area contributed by atoms with Crippen LogP contribution in [0.4, 0.5) is 0 Å². The molecular weight excluding hydrogens is 318 g/mol. The first-order valence-electron chi connectivity index (χ1n) is 8.18. The first-order valence-corrected chi connectivity index (χ1v) is 8.18. The lowest BCUT2D eigenvalue weighted by molar-refractivity contribution is -0.123. The fraction of sp³-hybridized carbons (Fsp3) is 0.263. The average molecular weight is 339 g/mol. The summed E-state index contributed by atoms with van der Waals surface area (Å²) in [6.45, 7) is 0.378. The molecule has 25 heavy (non-hydrogen) atoms. The molecule has 0 aliphatic rings. The van der Waals surface area contributed by atoms with E-state index in [1.165, 1.54) is 6.20 Å². The second kappa shape index (κ2) is 9.97. The summed E-state index contributed by atoms with van der Waals surface area (Å²) in [7, 11) is 0. The van der Waals surface area contributed by atoms with Crippen LogP contribution in [0.1, 0.15) is 35.3 Å². The Kier molecular flexibility index (Phi) is 7.31. The van der Waals surface area contributed by atoms with Gasteiger partial charge in [0.1, 0.15) is 18.0 Å². The number of aldehydes is 1. The maximum atomic E-state index is 12.4. The van der Waals surface area contributed by atoms with E-state index in [2.05, 4.69) is 15.6 Å². The first kappa shape index (κ1) is 18.3. The molecule has 2 N–H and O–H groups in total. The Balaban J connectivity index is 1.97. The second-order valence-corrected chi connectivity index (χ2v) is 5.54. The highest BCUT2D eigenvalue weighted by atomic mass is 16.2. The quantitative estimate of drug-likeness (QED) is 0.539. The van der Waals surface area contributed by atoms with Crippen LogP contribution >= 0.6 is 0 Å². The molecule has 1 atom stereocenters. The maximum absolute atomic E-state index is 12.4. The van der Waals surface area contributed by atoms with Crippen LogP contribution in [-0.2, 0) is 16.1 Å². The van der Waals surface area contributed by atoms with Crippen molar-refractivity contribution in [3.63, 3.8) is 0 Å². The van der Waals surface area contributed by atoms with E-state index in [1.807, 2.05) is 30.3 Å². The van der Waals surface area contributed by atoms with Gasteiger partial charge in [-0.2, -0.15) is 0 Å². The standard InChI is InChI=1S/C19H21N3O3/c23-13-7-5-11-17(22-19(25)16-10-4-6-12-20-16)18(24)21-14-15-8-2-1-3-9-15/h1-4,6,8-10,12-13,17H,5,7,11,14H2,(H,21,24)(H,22,25)/t17-/m0/s1. The van der Waals surface area contributed by atoms with Gasteiger partial charge in [-0.05, 0) is 30.5 Å². The van der Waals surface area contributed by atoms with Crippen molar-refractivity contribution < 1.29 is 14.4 Å². The summed E-state index contributed by atoms with van der Waals surface area (Å²) in [5.74, 6) is -0.689. The van der Waals surface area contributed by atoms with Gasteiger partial charge in [-0.3, -0.25) is 14.6 Å². The summed E-state index contributed by atoms with van der Waals surface area (Å²) in [6.07, 6.45) is 3.58. The van der Waals surface area contributed by atoms with Gasteiger partial charge in [-0.25, -0.2) is 0 Å². The third-order valence-corrected chi connectivity index (χ3v) is 3.64. The molecule has 0 radical (unpaired) electrons. The molecule has 6 heteroatoms. The van der Waals surface area contributed by atoms with Gasteiger partial charge in [-0.15, -0.1) is 0 Å². The minimum absolute atomic E-state index is 0.249. The third-order valence-electron chi connectivity index (χ3n) is 3.64. The van der Waals surface area contributed by atoms with Crippen LogP contribution < -0.4 is 10.6 Å². The fourth-order valence-electron chi connectivity index (χ4n) is 2.31. The maximum Gasteiger partial charge on any atom is 0.270 e. The predicted molar refractivity (Wildman–Crippen MR) is 93.7 cm³/mol. The normalized spacial score (nSPS) is 11.4. The molecule has 0 bridgehead atoms. The zero-order valence-corrected chi connectivity index (χ0v) is 13.9. The zero-order chi connectivity index (χ0) is 17.9. The molecule has 0 fully saturated rings. The highest BCUT2D eigenvalue weighted by Crippen LogP contribution is 2.04. The smallest absolute Gasteiger partial charge is 0.270 e. The first-order chi connectivity index (χ1) is 12.2. The fourth-order valence-corrected chi connectivity index (χ4v) is 2.31. The Morgan fingerprint density at radius 2 is 1.84 bits per heavy atom. The van der Waals surface area contributed by atoms with Crippen LogP contribution in [0, 0.1) is 0 Å². The van der Waals surface area contributed by atoms with E-state index in [1.54, 1.807) is 18.2 Å². The van der Waals surface area contributed by atoms with Crippen molar-refractivity contribution in [2.75, 3.05) is 0 Å². The summed E-state index contributed by atoms with van der Waals surface area (Å²) in [6, 6.07) is 13.8. The van der Waals surface area contributed by atoms with E-state index in [9.17, 15) is 14.4 Å². The van der Waals surface area contributed by atoms with Crippen molar-refractivity contribution in [3.05, 3.63) is 66.0 Å². The summed E-state index contributed by atoms with van der Waals surface area (Å²) in [5, 5.41) is 5.52. The molecule has 0 spiro atoms. The Bertz CT molecular complexity index is 690. The average Bonchev–Trinajstić information content (AvgIpc) is 2.67. The minimum atomic E-state index is -0.710. The number of nitrogens with one attached hydrogen (secondary N) is 2. The van der Waals surface area contributed by atoms with Crippen LogP contribution in [0.2, 0.25) is 0 Å². The van der Waals surface area contributed by atoms with Crippen LogP contribution in [0.25, 0.3) is 0 Å². The molecule has 130 valence electrons. The largest absolute Gasteiger partial charge is 0.350 e. The molecular formula is C19H21N3O3. The van der Waals surface area contributed by atoms with Crippen molar-refractivity contribution >= 4 is 18.1 Å². The lowest BCUT2D eigenvalue weighted by Gasteiger charge is -2.18. The molecule has 1 aromatic carbocycles. The molecule has 0 saturated carbocycles. The number of rotatable bonds is 9. The van der Waals surface area contributed by atoms with E-state index >= 15 is 0 Å². The molecule has 1 aromatic heterocycles. The Morgan fingerprint density at radius 1 is 1.08 bits per heavy atom. The number of unbranched alkanes of at least 4 members (excludes halogenated alkanes) is 1. The van der Waals surface area contributed by atoms with Gasteiger partial charge >= 0.3 is 0 Å². The SMILES string of the molecule is O=CCCC[C@H](NC(=O)c1ccccn1)C(=O)NCc1ccccc1. The number of aromatic nitrogens is 1. The number of benzene rings is 1. The number of hydrogen-bond acceptors (Lipinski definition) is 4. The van der Waals surface area contributed by atoms with E-state index in [0.717, 1.165) is 11.8 Å². The monoisotopic (exact) mass is 339 g/mol. The lowest BCUT2D eigenvalue weighted by Crippen LogP contribution is -2.46. The van der Waals surface area contributed by atoms with Crippen molar-refractivity contribution in [1.82, 2.24) is 15.6 Å². The van der Waals surface area contributed by atoms with Crippen LogP contribution in [-0.4, -0.2) is 29.1 Å². The molecule has 2 rings (SSSR count). The number of carbonyl (C=O) groups excluding carboxylic acids is 3. The predicted octanol–water partition coefficient (Wildman–Crippen LogP) is 1.87. The Morgan fingerprint density at radius 3 is 2.52 bits per heavy atom. The summed E-state index contributed by atoms with van der Waals surface area (Å²) in [5.41, 5.74) is 1.22. The molecule has 2 amide bonds. The van der Waals surface area contributed by atoms with Crippen molar-refractivity contribution in [2.45, 2.75) is 31.8 Å². The Hall–Kier alpha value is -3.02. The van der Waals surface area contributed by atoms with Crippen molar-refractivity contribution in [1.29, 1.82) is 0 Å². The van der Waals surface area contributed by atoms with Gasteiger partial charge in [0.2, 0.25) is 5.91 Å². The summed E-state index contributed by atoms with van der Waals surface area (Å²) < 4.78 is 0.